The highest BCUT2D eigenvalue weighted by atomic mass is 16.2. The van der Waals surface area contributed by atoms with E-state index in [1.165, 1.54) is 7.05 Å². The summed E-state index contributed by atoms with van der Waals surface area (Å²) >= 11 is 0. The Balaban J connectivity index is 1.35. The quantitative estimate of drug-likeness (QED) is 0.0844. The fourth-order valence-corrected chi connectivity index (χ4v) is 5.44. The molecule has 8 amide bonds. The molecule has 4 aromatic carbocycles. The molecular formula is C39H48N8O4. The molecule has 12 nitrogen and oxygen atoms in total. The first-order chi connectivity index (χ1) is 24.9. The van der Waals surface area contributed by atoms with Crippen LogP contribution in [0.5, 0.6) is 0 Å². The molecule has 12 heteroatoms. The minimum absolute atomic E-state index is 0.142. The summed E-state index contributed by atoms with van der Waals surface area (Å²) < 4.78 is 0. The Bertz CT molecular complexity index is 1630. The van der Waals surface area contributed by atoms with Gasteiger partial charge in [-0.3, -0.25) is 0 Å². The molecule has 4 rings (SSSR count). The van der Waals surface area contributed by atoms with Crippen molar-refractivity contribution in [1.82, 2.24) is 42.5 Å². The van der Waals surface area contributed by atoms with E-state index in [0.29, 0.717) is 25.8 Å². The third kappa shape index (κ3) is 14.9. The van der Waals surface area contributed by atoms with Crippen LogP contribution in [0.1, 0.15) is 22.3 Å². The standard InChI is InChI=1S/C39H48N8O4/c1-40-36(48)42-26-33(22-29-14-6-2-7-15-29)46-38(50)44-28-35(24-31-18-10-4-11-19-31)47-39(51)43-27-34(23-30-16-8-3-9-17-30)45-37(49)41-25-32-20-12-5-13-21-32/h2-21,33-35H,22-28H2,1H3,(H2,40,42,48)(H2,41,45,49)(H2,43,47,51)(H2,44,46,50)/t33-,34-,35-/m0/s1. The zero-order valence-electron chi connectivity index (χ0n) is 28.9. The molecule has 0 bridgehead atoms. The number of urea groups is 4. The normalized spacial score (nSPS) is 12.3. The van der Waals surface area contributed by atoms with E-state index in [-0.39, 0.29) is 37.7 Å². The SMILES string of the molecule is CNC(=O)NC[C@H](Cc1ccccc1)NC(=O)NC[C@H](Cc1ccccc1)NC(=O)NC[C@H](Cc1ccccc1)NC(=O)NCc1ccccc1. The lowest BCUT2D eigenvalue weighted by molar-refractivity contribution is 0.226. The maximum Gasteiger partial charge on any atom is 0.315 e. The van der Waals surface area contributed by atoms with Gasteiger partial charge in [0.15, 0.2) is 0 Å². The average Bonchev–Trinajstić information content (AvgIpc) is 3.15. The summed E-state index contributed by atoms with van der Waals surface area (Å²) in [6.45, 7) is 0.907. The van der Waals surface area contributed by atoms with Gasteiger partial charge in [0.2, 0.25) is 0 Å². The average molecular weight is 693 g/mol. The summed E-state index contributed by atoms with van der Waals surface area (Å²) in [7, 11) is 1.53. The van der Waals surface area contributed by atoms with Crippen molar-refractivity contribution in [3.63, 3.8) is 0 Å². The van der Waals surface area contributed by atoms with Gasteiger partial charge in [0, 0.05) is 33.2 Å². The monoisotopic (exact) mass is 692 g/mol. The Hall–Kier alpha value is -6.04. The number of hydrogen-bond acceptors (Lipinski definition) is 4. The molecule has 4 aromatic rings. The van der Waals surface area contributed by atoms with E-state index in [1.807, 2.05) is 121 Å². The van der Waals surface area contributed by atoms with Gasteiger partial charge in [-0.25, -0.2) is 19.2 Å². The number of carbonyl (C=O) groups is 4. The van der Waals surface area contributed by atoms with Gasteiger partial charge in [-0.1, -0.05) is 121 Å². The third-order valence-corrected chi connectivity index (χ3v) is 8.03. The molecule has 268 valence electrons. The molecule has 0 aromatic heterocycles. The molecule has 0 aliphatic rings. The highest BCUT2D eigenvalue weighted by molar-refractivity contribution is 5.77. The Labute approximate surface area is 299 Å². The van der Waals surface area contributed by atoms with Crippen LogP contribution >= 0.6 is 0 Å². The smallest absolute Gasteiger partial charge is 0.315 e. The number of rotatable bonds is 17. The second kappa shape index (κ2) is 21.1. The van der Waals surface area contributed by atoms with Crippen LogP contribution in [-0.4, -0.2) is 68.9 Å². The number of benzene rings is 4. The van der Waals surface area contributed by atoms with Crippen LogP contribution in [0.25, 0.3) is 0 Å². The van der Waals surface area contributed by atoms with Gasteiger partial charge in [0.25, 0.3) is 0 Å². The molecule has 0 spiro atoms. The fraction of sp³-hybridized carbons (Fsp3) is 0.282. The van der Waals surface area contributed by atoms with Crippen molar-refractivity contribution in [2.45, 2.75) is 43.9 Å². The van der Waals surface area contributed by atoms with E-state index >= 15 is 0 Å². The van der Waals surface area contributed by atoms with Crippen LogP contribution in [0, 0.1) is 0 Å². The molecule has 51 heavy (non-hydrogen) atoms. The molecular weight excluding hydrogens is 644 g/mol. The summed E-state index contributed by atoms with van der Waals surface area (Å²) in [5.41, 5.74) is 3.99. The summed E-state index contributed by atoms with van der Waals surface area (Å²) in [6, 6.07) is 35.9. The van der Waals surface area contributed by atoms with Gasteiger partial charge in [-0.2, -0.15) is 0 Å². The van der Waals surface area contributed by atoms with Crippen molar-refractivity contribution < 1.29 is 19.2 Å². The van der Waals surface area contributed by atoms with E-state index in [1.54, 1.807) is 0 Å². The van der Waals surface area contributed by atoms with E-state index in [4.69, 9.17) is 0 Å². The number of nitrogens with one attached hydrogen (secondary N) is 8. The van der Waals surface area contributed by atoms with Crippen molar-refractivity contribution in [1.29, 1.82) is 0 Å². The number of amides is 8. The summed E-state index contributed by atoms with van der Waals surface area (Å²) in [5.74, 6) is 0. The lowest BCUT2D eigenvalue weighted by Gasteiger charge is -2.24. The Morgan fingerprint density at radius 3 is 1.04 bits per heavy atom. The lowest BCUT2D eigenvalue weighted by atomic mass is 10.1. The molecule has 0 aliphatic carbocycles. The van der Waals surface area contributed by atoms with E-state index < -0.39 is 24.1 Å². The van der Waals surface area contributed by atoms with E-state index in [2.05, 4.69) is 42.5 Å². The first-order valence-electron chi connectivity index (χ1n) is 17.1. The summed E-state index contributed by atoms with van der Waals surface area (Å²) in [4.78, 5) is 51.1. The van der Waals surface area contributed by atoms with Crippen LogP contribution in [0.4, 0.5) is 19.2 Å². The van der Waals surface area contributed by atoms with Crippen molar-refractivity contribution in [2.24, 2.45) is 0 Å². The van der Waals surface area contributed by atoms with Gasteiger partial charge in [0.05, 0.1) is 18.1 Å². The van der Waals surface area contributed by atoms with E-state index in [0.717, 1.165) is 22.3 Å². The van der Waals surface area contributed by atoms with Crippen LogP contribution in [-0.2, 0) is 25.8 Å². The highest BCUT2D eigenvalue weighted by Gasteiger charge is 2.19. The maximum absolute atomic E-state index is 13.3. The predicted octanol–water partition coefficient (Wildman–Crippen LogP) is 3.85. The molecule has 0 saturated carbocycles. The zero-order valence-corrected chi connectivity index (χ0v) is 28.9. The highest BCUT2D eigenvalue weighted by Crippen LogP contribution is 2.06. The van der Waals surface area contributed by atoms with Crippen LogP contribution in [0.3, 0.4) is 0 Å². The van der Waals surface area contributed by atoms with Gasteiger partial charge < -0.3 is 42.5 Å². The zero-order chi connectivity index (χ0) is 36.1. The first kappa shape index (κ1) is 37.8. The van der Waals surface area contributed by atoms with Gasteiger partial charge in [-0.15, -0.1) is 0 Å². The van der Waals surface area contributed by atoms with Crippen molar-refractivity contribution in [3.05, 3.63) is 144 Å². The topological polar surface area (TPSA) is 165 Å². The molecule has 0 saturated heterocycles. The van der Waals surface area contributed by atoms with Crippen molar-refractivity contribution in [2.75, 3.05) is 26.7 Å². The van der Waals surface area contributed by atoms with Crippen molar-refractivity contribution >= 4 is 24.1 Å². The second-order valence-electron chi connectivity index (χ2n) is 12.1. The van der Waals surface area contributed by atoms with Crippen LogP contribution < -0.4 is 42.5 Å². The summed E-state index contributed by atoms with van der Waals surface area (Å²) in [6.07, 6.45) is 1.48. The molecule has 0 aliphatic heterocycles. The Morgan fingerprint density at radius 2 is 0.706 bits per heavy atom. The summed E-state index contributed by atoms with van der Waals surface area (Å²) in [5, 5.41) is 22.9. The maximum atomic E-state index is 13.3. The first-order valence-corrected chi connectivity index (χ1v) is 17.1. The van der Waals surface area contributed by atoms with Gasteiger partial charge in [0.1, 0.15) is 0 Å². The second-order valence-corrected chi connectivity index (χ2v) is 12.1. The molecule has 0 heterocycles. The van der Waals surface area contributed by atoms with Gasteiger partial charge >= 0.3 is 24.1 Å². The van der Waals surface area contributed by atoms with Crippen LogP contribution in [0.15, 0.2) is 121 Å². The minimum atomic E-state index is -0.454. The molecule has 0 fully saturated rings. The number of hydrogen-bond donors (Lipinski definition) is 8. The van der Waals surface area contributed by atoms with Crippen molar-refractivity contribution in [3.8, 4) is 0 Å². The predicted molar refractivity (Wildman–Crippen MR) is 199 cm³/mol. The lowest BCUT2D eigenvalue weighted by Crippen LogP contribution is -2.54. The third-order valence-electron chi connectivity index (χ3n) is 8.03. The molecule has 3 atom stereocenters. The Morgan fingerprint density at radius 1 is 0.412 bits per heavy atom. The molecule has 0 unspecified atom stereocenters. The van der Waals surface area contributed by atoms with Gasteiger partial charge in [-0.05, 0) is 41.5 Å². The van der Waals surface area contributed by atoms with E-state index in [9.17, 15) is 19.2 Å². The number of carbonyl (C=O) groups excluding carboxylic acids is 4. The van der Waals surface area contributed by atoms with Crippen LogP contribution in [0.2, 0.25) is 0 Å². The minimum Gasteiger partial charge on any atom is -0.341 e. The Kier molecular flexibility index (Phi) is 15.7. The fourth-order valence-electron chi connectivity index (χ4n) is 5.44. The molecule has 0 radical (unpaired) electrons. The molecule has 8 N–H and O–H groups in total. The largest absolute Gasteiger partial charge is 0.341 e.